The van der Waals surface area contributed by atoms with Crippen molar-refractivity contribution in [1.29, 1.82) is 0 Å². The molecule has 2 N–H and O–H groups in total. The molecule has 0 spiro atoms. The Kier molecular flexibility index (Phi) is 10.5. The molecule has 4 aromatic rings. The van der Waals surface area contributed by atoms with Crippen molar-refractivity contribution in [3.05, 3.63) is 138 Å². The molecule has 3 atom stereocenters. The van der Waals surface area contributed by atoms with Crippen molar-refractivity contribution in [3.8, 4) is 11.1 Å². The first-order chi connectivity index (χ1) is 20.6. The maximum atomic E-state index is 11.8. The third-order valence-electron chi connectivity index (χ3n) is 6.98. The van der Waals surface area contributed by atoms with Crippen molar-refractivity contribution in [1.82, 2.24) is 5.32 Å². The lowest BCUT2D eigenvalue weighted by molar-refractivity contribution is -0.245. The van der Waals surface area contributed by atoms with Crippen LogP contribution in [-0.4, -0.2) is 29.7 Å². The Morgan fingerprint density at radius 3 is 2.43 bits per heavy atom. The van der Waals surface area contributed by atoms with E-state index in [1.165, 1.54) is 11.0 Å². The fourth-order valence-electron chi connectivity index (χ4n) is 4.81. The number of hydrogen-bond donors (Lipinski definition) is 2. The van der Waals surface area contributed by atoms with E-state index in [-0.39, 0.29) is 25.4 Å². The van der Waals surface area contributed by atoms with Gasteiger partial charge in [0.05, 0.1) is 18.8 Å². The lowest BCUT2D eigenvalue weighted by atomic mass is 9.99. The second-order valence-corrected chi connectivity index (χ2v) is 11.1. The minimum atomic E-state index is -0.535. The van der Waals surface area contributed by atoms with E-state index in [0.717, 1.165) is 45.6 Å². The molecule has 1 aliphatic rings. The molecule has 7 heteroatoms. The van der Waals surface area contributed by atoms with Crippen molar-refractivity contribution in [3.63, 3.8) is 0 Å². The smallest absolute Gasteiger partial charge is 0.407 e. The fraction of sp³-hybridized carbons (Fsp3) is 0.229. The van der Waals surface area contributed by atoms with Gasteiger partial charge in [-0.05, 0) is 52.1 Å². The number of alkyl carbamates (subject to hydrolysis) is 1. The van der Waals surface area contributed by atoms with E-state index in [0.29, 0.717) is 6.54 Å². The number of thioether (sulfide) groups is 1. The molecule has 6 nitrogen and oxygen atoms in total. The van der Waals surface area contributed by atoms with E-state index in [1.54, 1.807) is 11.8 Å². The van der Waals surface area contributed by atoms with E-state index >= 15 is 0 Å². The van der Waals surface area contributed by atoms with Crippen LogP contribution in [0.3, 0.4) is 0 Å². The van der Waals surface area contributed by atoms with Gasteiger partial charge >= 0.3 is 6.09 Å². The summed E-state index contributed by atoms with van der Waals surface area (Å²) in [6.45, 7) is 4.10. The van der Waals surface area contributed by atoms with Gasteiger partial charge in [0.15, 0.2) is 6.29 Å². The molecule has 5 rings (SSSR count). The third-order valence-corrected chi connectivity index (χ3v) is 8.13. The van der Waals surface area contributed by atoms with Crippen molar-refractivity contribution in [2.24, 2.45) is 0 Å². The minimum absolute atomic E-state index is 0.0112. The van der Waals surface area contributed by atoms with Gasteiger partial charge in [-0.1, -0.05) is 91.5 Å². The zero-order valence-corrected chi connectivity index (χ0v) is 24.2. The highest BCUT2D eigenvalue weighted by Gasteiger charge is 2.32. The molecule has 216 valence electrons. The zero-order valence-electron chi connectivity index (χ0n) is 23.4. The highest BCUT2D eigenvalue weighted by atomic mass is 32.2. The van der Waals surface area contributed by atoms with Crippen LogP contribution in [0.5, 0.6) is 0 Å². The molecule has 1 fully saturated rings. The number of hydrogen-bond acceptors (Lipinski definition) is 6. The molecule has 0 bridgehead atoms. The minimum Gasteiger partial charge on any atom is -0.445 e. The van der Waals surface area contributed by atoms with Gasteiger partial charge in [-0.2, -0.15) is 0 Å². The van der Waals surface area contributed by atoms with Crippen LogP contribution in [-0.2, 0) is 27.4 Å². The SMILES string of the molecule is C=CCOC(=O)NCc1cccc(-c2cccc([C@H]3O[C@@H](CSc4ccccc4)C[C@@H](c4ccc(CO)cc4)O3)c2)c1. The van der Waals surface area contributed by atoms with E-state index in [2.05, 4.69) is 42.2 Å². The summed E-state index contributed by atoms with van der Waals surface area (Å²) in [6.07, 6.45) is 1.10. The molecular weight excluding hydrogens is 546 g/mol. The van der Waals surface area contributed by atoms with E-state index < -0.39 is 12.4 Å². The molecule has 0 aliphatic carbocycles. The molecule has 42 heavy (non-hydrogen) atoms. The van der Waals surface area contributed by atoms with Crippen molar-refractivity contribution < 1.29 is 24.1 Å². The van der Waals surface area contributed by atoms with E-state index in [4.69, 9.17) is 14.2 Å². The Morgan fingerprint density at radius 1 is 0.905 bits per heavy atom. The van der Waals surface area contributed by atoms with Gasteiger partial charge in [-0.15, -0.1) is 11.8 Å². The van der Waals surface area contributed by atoms with Crippen LogP contribution in [0.2, 0.25) is 0 Å². The molecule has 0 radical (unpaired) electrons. The molecular formula is C35H35NO5S. The molecule has 4 aromatic carbocycles. The lowest BCUT2D eigenvalue weighted by Crippen LogP contribution is -2.31. The van der Waals surface area contributed by atoms with Crippen molar-refractivity contribution in [2.75, 3.05) is 12.4 Å². The lowest BCUT2D eigenvalue weighted by Gasteiger charge is -2.36. The maximum Gasteiger partial charge on any atom is 0.407 e. The summed E-state index contributed by atoms with van der Waals surface area (Å²) in [4.78, 5) is 13.0. The summed E-state index contributed by atoms with van der Waals surface area (Å²) >= 11 is 1.78. The number of aliphatic hydroxyl groups excluding tert-OH is 1. The summed E-state index contributed by atoms with van der Waals surface area (Å²) in [5.74, 6) is 0.805. The molecule has 1 saturated heterocycles. The van der Waals surface area contributed by atoms with Gasteiger partial charge in [-0.3, -0.25) is 0 Å². The zero-order chi connectivity index (χ0) is 29.1. The van der Waals surface area contributed by atoms with Crippen molar-refractivity contribution >= 4 is 17.9 Å². The monoisotopic (exact) mass is 581 g/mol. The van der Waals surface area contributed by atoms with Crippen LogP contribution < -0.4 is 5.32 Å². The van der Waals surface area contributed by atoms with E-state index in [9.17, 15) is 9.90 Å². The summed E-state index contributed by atoms with van der Waals surface area (Å²) in [5.41, 5.74) is 5.90. The molecule has 0 saturated carbocycles. The van der Waals surface area contributed by atoms with Crippen LogP contribution in [0.15, 0.2) is 121 Å². The third kappa shape index (κ3) is 8.11. The number of amides is 1. The summed E-state index contributed by atoms with van der Waals surface area (Å²) < 4.78 is 18.1. The summed E-state index contributed by atoms with van der Waals surface area (Å²) in [7, 11) is 0. The first kappa shape index (κ1) is 29.6. The Balaban J connectivity index is 1.34. The first-order valence-electron chi connectivity index (χ1n) is 14.0. The number of rotatable bonds is 11. The number of aliphatic hydroxyl groups is 1. The summed E-state index contributed by atoms with van der Waals surface area (Å²) in [5, 5.41) is 12.3. The van der Waals surface area contributed by atoms with Gasteiger partial charge in [0.1, 0.15) is 6.61 Å². The Labute approximate surface area is 251 Å². The average Bonchev–Trinajstić information content (AvgIpc) is 3.06. The van der Waals surface area contributed by atoms with Crippen LogP contribution in [0, 0.1) is 0 Å². The molecule has 0 aromatic heterocycles. The second kappa shape index (κ2) is 14.8. The Hall–Kier alpha value is -3.88. The largest absolute Gasteiger partial charge is 0.445 e. The highest BCUT2D eigenvalue weighted by Crippen LogP contribution is 2.40. The molecule has 1 aliphatic heterocycles. The number of carbonyl (C=O) groups is 1. The van der Waals surface area contributed by atoms with Crippen LogP contribution in [0.4, 0.5) is 4.79 Å². The van der Waals surface area contributed by atoms with E-state index in [1.807, 2.05) is 72.8 Å². The van der Waals surface area contributed by atoms with Crippen LogP contribution in [0.25, 0.3) is 11.1 Å². The Morgan fingerprint density at radius 2 is 1.67 bits per heavy atom. The highest BCUT2D eigenvalue weighted by molar-refractivity contribution is 7.99. The normalized spacial score (nSPS) is 18.3. The predicted octanol–water partition coefficient (Wildman–Crippen LogP) is 7.60. The topological polar surface area (TPSA) is 77.0 Å². The predicted molar refractivity (Wildman–Crippen MR) is 166 cm³/mol. The maximum absolute atomic E-state index is 11.8. The number of nitrogens with one attached hydrogen (secondary N) is 1. The van der Waals surface area contributed by atoms with Gasteiger partial charge < -0.3 is 24.6 Å². The van der Waals surface area contributed by atoms with Gasteiger partial charge in [-0.25, -0.2) is 4.79 Å². The number of carbonyl (C=O) groups excluding carboxylic acids is 1. The van der Waals surface area contributed by atoms with Gasteiger partial charge in [0.2, 0.25) is 0 Å². The van der Waals surface area contributed by atoms with Gasteiger partial charge in [0, 0.05) is 29.2 Å². The average molecular weight is 582 g/mol. The van der Waals surface area contributed by atoms with Crippen LogP contribution >= 0.6 is 11.8 Å². The second-order valence-electron chi connectivity index (χ2n) is 10.0. The summed E-state index contributed by atoms with van der Waals surface area (Å²) in [6, 6.07) is 34.6. The number of ether oxygens (including phenoxy) is 3. The standard InChI is InChI=1S/C35H35NO5S/c1-2-18-39-35(38)36-22-26-8-6-9-28(19-26)29-10-7-11-30(20-29)34-40-31(24-42-32-12-4-3-5-13-32)21-33(41-34)27-16-14-25(23-37)15-17-27/h2-17,19-20,31,33-34,37H,1,18,21-24H2,(H,36,38)/t31-,33+,34+/m1/s1. The van der Waals surface area contributed by atoms with Crippen LogP contribution in [0.1, 0.15) is 41.1 Å². The Bertz CT molecular complexity index is 1460. The molecule has 1 heterocycles. The quantitative estimate of drug-likeness (QED) is 0.140. The first-order valence-corrected chi connectivity index (χ1v) is 15.0. The fourth-order valence-corrected chi connectivity index (χ4v) is 5.76. The molecule has 0 unspecified atom stereocenters. The van der Waals surface area contributed by atoms with Crippen molar-refractivity contribution in [2.45, 2.75) is 43.0 Å². The molecule has 1 amide bonds. The van der Waals surface area contributed by atoms with Gasteiger partial charge in [0.25, 0.3) is 0 Å². The number of benzene rings is 4.